The third-order valence-electron chi connectivity index (χ3n) is 1.95. The molecule has 1 N–H and O–H groups in total. The first kappa shape index (κ1) is 14.2. The number of nitrogens with zero attached hydrogens (tertiary/aromatic N) is 2. The fourth-order valence-electron chi connectivity index (χ4n) is 1.32. The van der Waals surface area contributed by atoms with Gasteiger partial charge in [-0.15, -0.1) is 11.3 Å². The lowest BCUT2D eigenvalue weighted by Crippen LogP contribution is -2.30. The molecule has 0 radical (unpaired) electrons. The zero-order chi connectivity index (χ0) is 12.9. The predicted molar refractivity (Wildman–Crippen MR) is 63.3 cm³/mol. The number of halogens is 3. The zero-order valence-corrected chi connectivity index (χ0v) is 10.7. The summed E-state index contributed by atoms with van der Waals surface area (Å²) in [6.07, 6.45) is -1.54. The lowest BCUT2D eigenvalue weighted by atomic mass is 10.4. The number of thiazole rings is 1. The third kappa shape index (κ3) is 5.88. The van der Waals surface area contributed by atoms with Crippen molar-refractivity contribution in [3.63, 3.8) is 0 Å². The van der Waals surface area contributed by atoms with Gasteiger partial charge in [0.15, 0.2) is 5.13 Å². The van der Waals surface area contributed by atoms with Crippen molar-refractivity contribution in [1.29, 1.82) is 0 Å². The Balaban J connectivity index is 2.43. The van der Waals surface area contributed by atoms with Gasteiger partial charge < -0.3 is 5.32 Å². The number of hydrogen-bond donors (Lipinski definition) is 1. The van der Waals surface area contributed by atoms with Crippen LogP contribution in [0.3, 0.4) is 0 Å². The molecule has 0 saturated heterocycles. The molecule has 0 aliphatic carbocycles. The van der Waals surface area contributed by atoms with Gasteiger partial charge in [0.2, 0.25) is 0 Å². The number of alkyl halides is 3. The lowest BCUT2D eigenvalue weighted by Gasteiger charge is -2.17. The van der Waals surface area contributed by atoms with Crippen LogP contribution in [0.2, 0.25) is 0 Å². The van der Waals surface area contributed by atoms with Crippen molar-refractivity contribution in [1.82, 2.24) is 9.88 Å². The zero-order valence-electron chi connectivity index (χ0n) is 9.84. The van der Waals surface area contributed by atoms with Crippen LogP contribution in [0.1, 0.15) is 18.2 Å². The SMILES string of the molecule is CCCNc1ncc(CN(C)CC(F)(F)F)s1. The van der Waals surface area contributed by atoms with Gasteiger partial charge in [0.25, 0.3) is 0 Å². The van der Waals surface area contributed by atoms with Crippen LogP contribution in [0.5, 0.6) is 0 Å². The highest BCUT2D eigenvalue weighted by atomic mass is 32.1. The van der Waals surface area contributed by atoms with E-state index in [1.807, 2.05) is 6.92 Å². The van der Waals surface area contributed by atoms with E-state index in [0.717, 1.165) is 23.0 Å². The van der Waals surface area contributed by atoms with Crippen LogP contribution in [-0.4, -0.2) is 36.2 Å². The third-order valence-corrected chi connectivity index (χ3v) is 2.89. The highest BCUT2D eigenvalue weighted by molar-refractivity contribution is 7.15. The van der Waals surface area contributed by atoms with Crippen LogP contribution in [0.4, 0.5) is 18.3 Å². The normalized spacial score (nSPS) is 12.1. The maximum absolute atomic E-state index is 12.1. The van der Waals surface area contributed by atoms with Gasteiger partial charge in [-0.3, -0.25) is 4.90 Å². The molecule has 1 aromatic rings. The summed E-state index contributed by atoms with van der Waals surface area (Å²) in [5.74, 6) is 0. The van der Waals surface area contributed by atoms with Crippen LogP contribution in [0, 0.1) is 0 Å². The molecule has 0 unspecified atom stereocenters. The second kappa shape index (κ2) is 6.20. The van der Waals surface area contributed by atoms with E-state index in [-0.39, 0.29) is 6.54 Å². The predicted octanol–water partition coefficient (Wildman–Crippen LogP) is 2.96. The summed E-state index contributed by atoms with van der Waals surface area (Å²) >= 11 is 1.40. The smallest absolute Gasteiger partial charge is 0.362 e. The van der Waals surface area contributed by atoms with E-state index in [1.54, 1.807) is 6.20 Å². The fraction of sp³-hybridized carbons (Fsp3) is 0.700. The van der Waals surface area contributed by atoms with Crippen molar-refractivity contribution < 1.29 is 13.2 Å². The van der Waals surface area contributed by atoms with E-state index >= 15 is 0 Å². The Hall–Kier alpha value is -0.820. The molecule has 0 fully saturated rings. The van der Waals surface area contributed by atoms with Crippen LogP contribution < -0.4 is 5.32 Å². The molecule has 1 heterocycles. The lowest BCUT2D eigenvalue weighted by molar-refractivity contribution is -0.143. The molecule has 1 rings (SSSR count). The molecule has 0 amide bonds. The van der Waals surface area contributed by atoms with Gasteiger partial charge in [0.05, 0.1) is 6.54 Å². The van der Waals surface area contributed by atoms with Crippen LogP contribution in [0.15, 0.2) is 6.20 Å². The van der Waals surface area contributed by atoms with Crippen LogP contribution >= 0.6 is 11.3 Å². The molecule has 17 heavy (non-hydrogen) atoms. The largest absolute Gasteiger partial charge is 0.401 e. The van der Waals surface area contributed by atoms with Gasteiger partial charge in [0.1, 0.15) is 0 Å². The van der Waals surface area contributed by atoms with Crippen LogP contribution in [-0.2, 0) is 6.54 Å². The summed E-state index contributed by atoms with van der Waals surface area (Å²) in [7, 11) is 1.45. The first-order valence-electron chi connectivity index (χ1n) is 5.34. The second-order valence-corrected chi connectivity index (χ2v) is 4.96. The second-order valence-electron chi connectivity index (χ2n) is 3.85. The minimum atomic E-state index is -4.15. The van der Waals surface area contributed by atoms with Gasteiger partial charge in [-0.05, 0) is 13.5 Å². The monoisotopic (exact) mass is 267 g/mol. The molecule has 0 saturated carbocycles. The molecule has 0 bridgehead atoms. The molecule has 98 valence electrons. The quantitative estimate of drug-likeness (QED) is 0.859. The molecular formula is C10H16F3N3S. The Labute approximate surface area is 103 Å². The van der Waals surface area contributed by atoms with E-state index in [0.29, 0.717) is 0 Å². The maximum Gasteiger partial charge on any atom is 0.401 e. The number of anilines is 1. The summed E-state index contributed by atoms with van der Waals surface area (Å²) in [6, 6.07) is 0. The van der Waals surface area contributed by atoms with Gasteiger partial charge in [-0.25, -0.2) is 4.98 Å². The Morgan fingerprint density at radius 3 is 2.76 bits per heavy atom. The summed E-state index contributed by atoms with van der Waals surface area (Å²) in [5.41, 5.74) is 0. The molecule has 7 heteroatoms. The summed E-state index contributed by atoms with van der Waals surface area (Å²) < 4.78 is 36.3. The van der Waals surface area contributed by atoms with Gasteiger partial charge in [0, 0.05) is 24.2 Å². The minimum absolute atomic E-state index is 0.269. The van der Waals surface area contributed by atoms with Gasteiger partial charge in [-0.2, -0.15) is 13.2 Å². The van der Waals surface area contributed by atoms with Crippen molar-refractivity contribution in [3.05, 3.63) is 11.1 Å². The van der Waals surface area contributed by atoms with Gasteiger partial charge >= 0.3 is 6.18 Å². The Morgan fingerprint density at radius 2 is 2.18 bits per heavy atom. The first-order valence-corrected chi connectivity index (χ1v) is 6.16. The molecule has 0 atom stereocenters. The topological polar surface area (TPSA) is 28.2 Å². The minimum Gasteiger partial charge on any atom is -0.362 e. The fourth-order valence-corrected chi connectivity index (χ4v) is 2.24. The van der Waals surface area contributed by atoms with E-state index in [2.05, 4.69) is 10.3 Å². The molecule has 3 nitrogen and oxygen atoms in total. The molecule has 0 spiro atoms. The Morgan fingerprint density at radius 1 is 1.47 bits per heavy atom. The summed E-state index contributed by atoms with van der Waals surface area (Å²) in [6.45, 7) is 2.23. The van der Waals surface area contributed by atoms with Crippen molar-refractivity contribution in [3.8, 4) is 0 Å². The molecule has 0 aliphatic heterocycles. The van der Waals surface area contributed by atoms with Gasteiger partial charge in [-0.1, -0.05) is 6.92 Å². The molecule has 0 aliphatic rings. The molecule has 1 aromatic heterocycles. The number of rotatable bonds is 6. The number of aromatic nitrogens is 1. The van der Waals surface area contributed by atoms with Crippen molar-refractivity contribution in [2.45, 2.75) is 26.1 Å². The van der Waals surface area contributed by atoms with E-state index in [9.17, 15) is 13.2 Å². The first-order chi connectivity index (χ1) is 7.90. The summed E-state index contributed by atoms with van der Waals surface area (Å²) in [5, 5.41) is 3.87. The highest BCUT2D eigenvalue weighted by Crippen LogP contribution is 2.21. The molecular weight excluding hydrogens is 251 g/mol. The Kier molecular flexibility index (Phi) is 5.20. The average molecular weight is 267 g/mol. The summed E-state index contributed by atoms with van der Waals surface area (Å²) in [4.78, 5) is 6.17. The van der Waals surface area contributed by atoms with E-state index in [4.69, 9.17) is 0 Å². The maximum atomic E-state index is 12.1. The highest BCUT2D eigenvalue weighted by Gasteiger charge is 2.29. The van der Waals surface area contributed by atoms with Crippen molar-refractivity contribution in [2.24, 2.45) is 0 Å². The van der Waals surface area contributed by atoms with Crippen molar-refractivity contribution >= 4 is 16.5 Å². The van der Waals surface area contributed by atoms with Crippen LogP contribution in [0.25, 0.3) is 0 Å². The average Bonchev–Trinajstić information content (AvgIpc) is 2.59. The number of nitrogens with one attached hydrogen (secondary N) is 1. The Bertz CT molecular complexity index is 338. The van der Waals surface area contributed by atoms with E-state index < -0.39 is 12.7 Å². The standard InChI is InChI=1S/C10H16F3N3S/c1-3-4-14-9-15-5-8(17-9)6-16(2)7-10(11,12)13/h5H,3-4,6-7H2,1-2H3,(H,14,15). The van der Waals surface area contributed by atoms with Crippen molar-refractivity contribution in [2.75, 3.05) is 25.5 Å². The number of hydrogen-bond acceptors (Lipinski definition) is 4. The molecule has 0 aromatic carbocycles. The van der Waals surface area contributed by atoms with E-state index in [1.165, 1.54) is 23.3 Å².